The number of allylic oxidation sites excluding steroid dienone is 5. The van der Waals surface area contributed by atoms with Crippen molar-refractivity contribution in [1.29, 1.82) is 5.26 Å². The number of nitrogens with zero attached hydrogens (tertiary/aromatic N) is 3. The van der Waals surface area contributed by atoms with Crippen LogP contribution < -0.4 is 4.90 Å². The van der Waals surface area contributed by atoms with Crippen LogP contribution in [0.5, 0.6) is 0 Å². The number of anilines is 1. The van der Waals surface area contributed by atoms with Gasteiger partial charge in [0.1, 0.15) is 11.8 Å². The average molecular weight is 380 g/mol. The SMILES string of the molecule is N#Cc1ncccc1-c1ccccc1N1C2=C(C=CCC2)[Si]C2C=CCCC21. The lowest BCUT2D eigenvalue weighted by Crippen LogP contribution is -2.45. The van der Waals surface area contributed by atoms with Crippen molar-refractivity contribution in [3.05, 3.63) is 83.5 Å². The van der Waals surface area contributed by atoms with Crippen LogP contribution in [-0.2, 0) is 0 Å². The maximum absolute atomic E-state index is 9.60. The van der Waals surface area contributed by atoms with Gasteiger partial charge >= 0.3 is 0 Å². The predicted octanol–water partition coefficient (Wildman–Crippen LogP) is 5.21. The summed E-state index contributed by atoms with van der Waals surface area (Å²) in [6.07, 6.45) is 15.7. The number of fused-ring (bicyclic) bond motifs is 1. The fraction of sp³-hybridized carbons (Fsp3) is 0.250. The fourth-order valence-electron chi connectivity index (χ4n) is 4.61. The molecule has 136 valence electrons. The van der Waals surface area contributed by atoms with Crippen LogP contribution in [0.1, 0.15) is 31.4 Å². The van der Waals surface area contributed by atoms with E-state index in [0.717, 1.165) is 39.9 Å². The molecule has 0 spiro atoms. The van der Waals surface area contributed by atoms with E-state index in [2.05, 4.69) is 64.5 Å². The number of rotatable bonds is 2. The lowest BCUT2D eigenvalue weighted by molar-refractivity contribution is 0.554. The molecule has 0 bridgehead atoms. The van der Waals surface area contributed by atoms with Crippen molar-refractivity contribution >= 4 is 15.2 Å². The van der Waals surface area contributed by atoms with Crippen LogP contribution in [0.4, 0.5) is 5.69 Å². The summed E-state index contributed by atoms with van der Waals surface area (Å²) in [5, 5.41) is 11.1. The Hall–Kier alpha value is -2.90. The van der Waals surface area contributed by atoms with Crippen molar-refractivity contribution in [2.24, 2.45) is 0 Å². The summed E-state index contributed by atoms with van der Waals surface area (Å²) in [6, 6.07) is 15.2. The number of aromatic nitrogens is 1. The number of nitriles is 1. The molecule has 2 aromatic rings. The Morgan fingerprint density at radius 2 is 1.96 bits per heavy atom. The Balaban J connectivity index is 1.71. The first-order chi connectivity index (χ1) is 13.9. The van der Waals surface area contributed by atoms with E-state index < -0.39 is 0 Å². The topological polar surface area (TPSA) is 39.9 Å². The van der Waals surface area contributed by atoms with Gasteiger partial charge in [0.05, 0.1) is 9.52 Å². The van der Waals surface area contributed by atoms with E-state index in [4.69, 9.17) is 0 Å². The lowest BCUT2D eigenvalue weighted by Gasteiger charge is -2.46. The minimum Gasteiger partial charge on any atom is -0.341 e. The van der Waals surface area contributed by atoms with E-state index >= 15 is 0 Å². The van der Waals surface area contributed by atoms with Crippen LogP contribution in [-0.4, -0.2) is 20.5 Å². The number of para-hydroxylation sites is 1. The van der Waals surface area contributed by atoms with E-state index in [1.807, 2.05) is 12.1 Å². The van der Waals surface area contributed by atoms with Gasteiger partial charge in [0.15, 0.2) is 0 Å². The second-order valence-corrected chi connectivity index (χ2v) is 8.94. The highest BCUT2D eigenvalue weighted by Crippen LogP contribution is 2.45. The molecular formula is C24H21N3Si. The molecule has 1 aromatic carbocycles. The first-order valence-electron chi connectivity index (χ1n) is 9.93. The van der Waals surface area contributed by atoms with Gasteiger partial charge in [-0.15, -0.1) is 0 Å². The van der Waals surface area contributed by atoms with Crippen LogP contribution >= 0.6 is 0 Å². The largest absolute Gasteiger partial charge is 0.341 e. The Labute approximate surface area is 168 Å². The van der Waals surface area contributed by atoms with Crippen LogP contribution in [0.2, 0.25) is 5.54 Å². The standard InChI is InChI=1S/C24H21N3Si/c25-16-19-17(9-7-15-26-19)18-8-1-2-10-20(18)27-21-11-3-5-13-23(21)28-24-14-6-4-12-22(24)27/h1-2,5-10,13-15,21,23H,3-4,11-12H2. The third kappa shape index (κ3) is 2.83. The molecule has 2 aliphatic carbocycles. The number of hydrogen-bond acceptors (Lipinski definition) is 3. The van der Waals surface area contributed by atoms with Gasteiger partial charge in [0.25, 0.3) is 0 Å². The Bertz CT molecular complexity index is 1040. The maximum atomic E-state index is 9.60. The first kappa shape index (κ1) is 17.2. The molecule has 28 heavy (non-hydrogen) atoms. The summed E-state index contributed by atoms with van der Waals surface area (Å²) in [4.78, 5) is 6.91. The van der Waals surface area contributed by atoms with Crippen LogP contribution in [0.25, 0.3) is 11.1 Å². The molecular weight excluding hydrogens is 358 g/mol. The van der Waals surface area contributed by atoms with E-state index in [0.29, 0.717) is 17.3 Å². The van der Waals surface area contributed by atoms with Crippen molar-refractivity contribution in [3.63, 3.8) is 0 Å². The molecule has 1 aliphatic heterocycles. The van der Waals surface area contributed by atoms with Crippen molar-refractivity contribution in [1.82, 2.24) is 4.98 Å². The van der Waals surface area contributed by atoms with E-state index in [1.165, 1.54) is 23.0 Å². The number of pyridine rings is 1. The van der Waals surface area contributed by atoms with E-state index in [9.17, 15) is 5.26 Å². The van der Waals surface area contributed by atoms with Gasteiger partial charge in [-0.05, 0) is 54.6 Å². The van der Waals surface area contributed by atoms with Crippen LogP contribution in [0.3, 0.4) is 0 Å². The van der Waals surface area contributed by atoms with Crippen molar-refractivity contribution in [2.75, 3.05) is 4.90 Å². The molecule has 2 heterocycles. The number of hydrogen-bond donors (Lipinski definition) is 0. The summed E-state index contributed by atoms with van der Waals surface area (Å²) in [5.41, 5.74) is 5.79. The zero-order chi connectivity index (χ0) is 18.9. The summed E-state index contributed by atoms with van der Waals surface area (Å²) in [5.74, 6) is 0. The Morgan fingerprint density at radius 3 is 2.89 bits per heavy atom. The fourth-order valence-corrected chi connectivity index (χ4v) is 6.34. The molecule has 2 radical (unpaired) electrons. The summed E-state index contributed by atoms with van der Waals surface area (Å²) in [6.45, 7) is 0. The summed E-state index contributed by atoms with van der Waals surface area (Å²) in [7, 11) is 0.852. The van der Waals surface area contributed by atoms with Gasteiger partial charge < -0.3 is 4.90 Å². The minimum absolute atomic E-state index is 0.492. The third-order valence-corrected chi connectivity index (χ3v) is 7.52. The zero-order valence-electron chi connectivity index (χ0n) is 15.7. The first-order valence-corrected chi connectivity index (χ1v) is 11.0. The molecule has 0 N–H and O–H groups in total. The second-order valence-electron chi connectivity index (χ2n) is 7.44. The summed E-state index contributed by atoms with van der Waals surface area (Å²) < 4.78 is 0. The third-order valence-electron chi connectivity index (χ3n) is 5.84. The van der Waals surface area contributed by atoms with Gasteiger partial charge in [-0.2, -0.15) is 5.26 Å². The molecule has 4 heteroatoms. The lowest BCUT2D eigenvalue weighted by atomic mass is 9.93. The Morgan fingerprint density at radius 1 is 1.07 bits per heavy atom. The highest BCUT2D eigenvalue weighted by molar-refractivity contribution is 6.50. The quantitative estimate of drug-likeness (QED) is 0.531. The highest BCUT2D eigenvalue weighted by atomic mass is 28.2. The van der Waals surface area contributed by atoms with Crippen molar-refractivity contribution in [2.45, 2.75) is 37.3 Å². The predicted molar refractivity (Wildman–Crippen MR) is 114 cm³/mol. The second kappa shape index (κ2) is 7.25. The van der Waals surface area contributed by atoms with Crippen LogP contribution in [0, 0.1) is 11.3 Å². The van der Waals surface area contributed by atoms with Gasteiger partial charge in [0, 0.05) is 34.8 Å². The molecule has 2 unspecified atom stereocenters. The Kier molecular flexibility index (Phi) is 4.46. The zero-order valence-corrected chi connectivity index (χ0v) is 16.7. The van der Waals surface area contributed by atoms with Gasteiger partial charge in [-0.1, -0.05) is 42.5 Å². The molecule has 0 saturated carbocycles. The molecule has 0 amide bonds. The highest BCUT2D eigenvalue weighted by Gasteiger charge is 2.37. The monoisotopic (exact) mass is 379 g/mol. The smallest absolute Gasteiger partial charge is 0.148 e. The number of benzene rings is 1. The average Bonchev–Trinajstić information content (AvgIpc) is 2.77. The molecule has 1 aromatic heterocycles. The normalized spacial score (nSPS) is 23.2. The molecule has 2 atom stereocenters. The van der Waals surface area contributed by atoms with Gasteiger partial charge in [0.2, 0.25) is 0 Å². The van der Waals surface area contributed by atoms with E-state index in [1.54, 1.807) is 6.20 Å². The van der Waals surface area contributed by atoms with E-state index in [-0.39, 0.29) is 0 Å². The van der Waals surface area contributed by atoms with Crippen molar-refractivity contribution < 1.29 is 0 Å². The molecule has 5 rings (SSSR count). The van der Waals surface area contributed by atoms with Crippen molar-refractivity contribution in [3.8, 4) is 17.2 Å². The molecule has 3 aliphatic rings. The molecule has 0 fully saturated rings. The maximum Gasteiger partial charge on any atom is 0.148 e. The van der Waals surface area contributed by atoms with Crippen LogP contribution in [0.15, 0.2) is 77.8 Å². The molecule has 0 saturated heterocycles. The molecule has 3 nitrogen and oxygen atoms in total. The minimum atomic E-state index is 0.492. The van der Waals surface area contributed by atoms with Gasteiger partial charge in [-0.25, -0.2) is 4.98 Å². The summed E-state index contributed by atoms with van der Waals surface area (Å²) >= 11 is 0. The van der Waals surface area contributed by atoms with Gasteiger partial charge in [-0.3, -0.25) is 0 Å².